The lowest BCUT2D eigenvalue weighted by atomic mass is 10.1. The van der Waals surface area contributed by atoms with E-state index in [9.17, 15) is 14.9 Å². The smallest absolute Gasteiger partial charge is 0.328 e. The van der Waals surface area contributed by atoms with Crippen LogP contribution in [-0.2, 0) is 4.79 Å². The van der Waals surface area contributed by atoms with Gasteiger partial charge in [-0.2, -0.15) is 0 Å². The molecule has 19 heavy (non-hydrogen) atoms. The molecule has 1 rings (SSSR count). The van der Waals surface area contributed by atoms with E-state index in [0.717, 1.165) is 6.08 Å². The third-order valence-electron chi connectivity index (χ3n) is 1.98. The van der Waals surface area contributed by atoms with E-state index in [1.54, 1.807) is 0 Å². The van der Waals surface area contributed by atoms with E-state index in [2.05, 4.69) is 22.5 Å². The fraction of sp³-hybridized carbons (Fsp3) is 0.0833. The molecule has 0 aromatic heterocycles. The maximum atomic E-state index is 10.9. The zero-order valence-electron chi connectivity index (χ0n) is 9.71. The second-order valence-electron chi connectivity index (χ2n) is 3.46. The van der Waals surface area contributed by atoms with E-state index in [0.29, 0.717) is 10.0 Å². The van der Waals surface area contributed by atoms with Crippen LogP contribution in [-0.4, -0.2) is 22.6 Å². The molecule has 1 aromatic rings. The monoisotopic (exact) mass is 327 g/mol. The molecule has 0 aliphatic carbocycles. The Bertz CT molecular complexity index is 553. The number of carboxylic acid groups (broad SMARTS) is 1. The number of nitrogens with zero attached hydrogens (tertiary/aromatic N) is 1. The van der Waals surface area contributed by atoms with Crippen LogP contribution in [0.4, 0.5) is 5.69 Å². The summed E-state index contributed by atoms with van der Waals surface area (Å²) in [6.07, 6.45) is 2.17. The average molecular weight is 328 g/mol. The zero-order valence-corrected chi connectivity index (χ0v) is 11.3. The van der Waals surface area contributed by atoms with Crippen LogP contribution in [0.5, 0.6) is 5.75 Å². The first-order valence-electron chi connectivity index (χ1n) is 5.05. The van der Waals surface area contributed by atoms with Gasteiger partial charge in [-0.05, 0) is 17.7 Å². The zero-order chi connectivity index (χ0) is 14.4. The van der Waals surface area contributed by atoms with Crippen molar-refractivity contribution >= 4 is 33.7 Å². The number of carbonyl (C=O) groups is 1. The Morgan fingerprint density at radius 3 is 2.79 bits per heavy atom. The summed E-state index contributed by atoms with van der Waals surface area (Å²) in [4.78, 5) is 20.7. The van der Waals surface area contributed by atoms with E-state index in [-0.39, 0.29) is 18.0 Å². The van der Waals surface area contributed by atoms with E-state index >= 15 is 0 Å². The molecule has 0 aliphatic rings. The first-order valence-corrected chi connectivity index (χ1v) is 5.85. The van der Waals surface area contributed by atoms with Gasteiger partial charge in [0, 0.05) is 16.6 Å². The van der Waals surface area contributed by atoms with Crippen molar-refractivity contribution in [2.24, 2.45) is 0 Å². The predicted molar refractivity (Wildman–Crippen MR) is 73.3 cm³/mol. The van der Waals surface area contributed by atoms with Gasteiger partial charge in [0.2, 0.25) is 0 Å². The van der Waals surface area contributed by atoms with Crippen molar-refractivity contribution < 1.29 is 19.6 Å². The maximum Gasteiger partial charge on any atom is 0.328 e. The molecule has 7 heteroatoms. The van der Waals surface area contributed by atoms with Crippen LogP contribution < -0.4 is 4.74 Å². The summed E-state index contributed by atoms with van der Waals surface area (Å²) in [5.41, 5.74) is 0.167. The minimum atomic E-state index is -1.13. The number of nitro groups is 1. The quantitative estimate of drug-likeness (QED) is 0.492. The topological polar surface area (TPSA) is 89.7 Å². The Hall–Kier alpha value is -2.15. The Morgan fingerprint density at radius 2 is 2.26 bits per heavy atom. The molecule has 0 fully saturated rings. The lowest BCUT2D eigenvalue weighted by molar-refractivity contribution is -0.385. The minimum Gasteiger partial charge on any atom is -0.481 e. The van der Waals surface area contributed by atoms with Gasteiger partial charge in [-0.1, -0.05) is 28.6 Å². The Balaban J connectivity index is 3.04. The normalized spacial score (nSPS) is 10.4. The second kappa shape index (κ2) is 6.69. The number of ether oxygens (including phenoxy) is 1. The summed E-state index contributed by atoms with van der Waals surface area (Å²) < 4.78 is 5.76. The maximum absolute atomic E-state index is 10.9. The standard InChI is InChI=1S/C12H10BrNO5/c1-8(13)7-19-11-4-2-9(3-5-12(15)16)6-10(11)14(17)18/h2-6H,1,7H2,(H,15,16)/b5-3+. The molecule has 1 N–H and O–H groups in total. The van der Waals surface area contributed by atoms with Crippen molar-refractivity contribution in [1.29, 1.82) is 0 Å². The SMILES string of the molecule is C=C(Br)COc1ccc(/C=C/C(=O)O)cc1[N+](=O)[O-]. The highest BCUT2D eigenvalue weighted by Crippen LogP contribution is 2.29. The fourth-order valence-corrected chi connectivity index (χ4v) is 1.34. The molecule has 0 aliphatic heterocycles. The average Bonchev–Trinajstić information content (AvgIpc) is 2.33. The van der Waals surface area contributed by atoms with Crippen molar-refractivity contribution in [3.05, 3.63) is 51.0 Å². The second-order valence-corrected chi connectivity index (χ2v) is 4.58. The van der Waals surface area contributed by atoms with Crippen LogP contribution in [0.25, 0.3) is 6.08 Å². The van der Waals surface area contributed by atoms with Gasteiger partial charge in [-0.25, -0.2) is 4.79 Å². The lowest BCUT2D eigenvalue weighted by Crippen LogP contribution is -2.00. The molecular formula is C12H10BrNO5. The van der Waals surface area contributed by atoms with Crippen LogP contribution >= 0.6 is 15.9 Å². The summed E-state index contributed by atoms with van der Waals surface area (Å²) >= 11 is 3.08. The molecule has 0 spiro atoms. The van der Waals surface area contributed by atoms with Gasteiger partial charge in [0.25, 0.3) is 0 Å². The van der Waals surface area contributed by atoms with E-state index in [4.69, 9.17) is 9.84 Å². The highest BCUT2D eigenvalue weighted by molar-refractivity contribution is 9.11. The molecule has 0 unspecified atom stereocenters. The van der Waals surface area contributed by atoms with Crippen LogP contribution in [0.1, 0.15) is 5.56 Å². The van der Waals surface area contributed by atoms with Crippen molar-refractivity contribution in [1.82, 2.24) is 0 Å². The first-order chi connectivity index (χ1) is 8.90. The van der Waals surface area contributed by atoms with E-state index < -0.39 is 10.9 Å². The van der Waals surface area contributed by atoms with E-state index in [1.807, 2.05) is 0 Å². The minimum absolute atomic E-state index is 0.0954. The lowest BCUT2D eigenvalue weighted by Gasteiger charge is -2.06. The van der Waals surface area contributed by atoms with Gasteiger partial charge in [-0.3, -0.25) is 10.1 Å². The number of halogens is 1. The Morgan fingerprint density at radius 1 is 1.58 bits per heavy atom. The summed E-state index contributed by atoms with van der Waals surface area (Å²) in [5, 5.41) is 19.4. The molecule has 1 aromatic carbocycles. The Kier molecular flexibility index (Phi) is 5.25. The number of rotatable bonds is 6. The molecule has 0 radical (unpaired) electrons. The van der Waals surface area contributed by atoms with Crippen LogP contribution in [0.2, 0.25) is 0 Å². The van der Waals surface area contributed by atoms with Gasteiger partial charge in [0.15, 0.2) is 5.75 Å². The molecule has 0 amide bonds. The molecule has 0 saturated carbocycles. The summed E-state index contributed by atoms with van der Waals surface area (Å²) in [7, 11) is 0. The number of aliphatic carboxylic acids is 1. The number of hydrogen-bond acceptors (Lipinski definition) is 4. The van der Waals surface area contributed by atoms with Gasteiger partial charge in [0.05, 0.1) is 4.92 Å². The number of benzene rings is 1. The van der Waals surface area contributed by atoms with Crippen molar-refractivity contribution in [2.75, 3.05) is 6.61 Å². The summed E-state index contributed by atoms with van der Waals surface area (Å²) in [5.74, 6) is -1.03. The molecule has 100 valence electrons. The van der Waals surface area contributed by atoms with Crippen LogP contribution in [0, 0.1) is 10.1 Å². The van der Waals surface area contributed by atoms with Gasteiger partial charge < -0.3 is 9.84 Å². The molecule has 0 atom stereocenters. The van der Waals surface area contributed by atoms with Crippen molar-refractivity contribution in [3.63, 3.8) is 0 Å². The van der Waals surface area contributed by atoms with Crippen LogP contribution in [0.15, 0.2) is 35.3 Å². The number of nitro benzene ring substituents is 1. The van der Waals surface area contributed by atoms with Gasteiger partial charge in [0.1, 0.15) is 6.61 Å². The summed E-state index contributed by atoms with van der Waals surface area (Å²) in [6.45, 7) is 3.66. The first kappa shape index (κ1) is 14.9. The highest BCUT2D eigenvalue weighted by Gasteiger charge is 2.15. The number of carboxylic acids is 1. The van der Waals surface area contributed by atoms with Gasteiger partial charge >= 0.3 is 11.7 Å². The third kappa shape index (κ3) is 4.92. The van der Waals surface area contributed by atoms with Crippen LogP contribution in [0.3, 0.4) is 0 Å². The number of hydrogen-bond donors (Lipinski definition) is 1. The summed E-state index contributed by atoms with van der Waals surface area (Å²) in [6, 6.07) is 4.18. The molecule has 0 saturated heterocycles. The van der Waals surface area contributed by atoms with Crippen molar-refractivity contribution in [3.8, 4) is 5.75 Å². The molecule has 0 bridgehead atoms. The predicted octanol–water partition coefficient (Wildman–Crippen LogP) is 2.98. The molecular weight excluding hydrogens is 318 g/mol. The third-order valence-corrected chi connectivity index (χ3v) is 2.21. The molecule has 0 heterocycles. The van der Waals surface area contributed by atoms with Gasteiger partial charge in [-0.15, -0.1) is 0 Å². The largest absolute Gasteiger partial charge is 0.481 e. The fourth-order valence-electron chi connectivity index (χ4n) is 1.23. The van der Waals surface area contributed by atoms with Crippen molar-refractivity contribution in [2.45, 2.75) is 0 Å². The molecule has 6 nitrogen and oxygen atoms in total. The highest BCUT2D eigenvalue weighted by atomic mass is 79.9. The van der Waals surface area contributed by atoms with E-state index in [1.165, 1.54) is 24.3 Å². The Labute approximate surface area is 117 Å².